The van der Waals surface area contributed by atoms with Gasteiger partial charge in [0.2, 0.25) is 0 Å². The molecule has 0 spiro atoms. The summed E-state index contributed by atoms with van der Waals surface area (Å²) in [7, 11) is 0. The van der Waals surface area contributed by atoms with E-state index in [2.05, 4.69) is 169 Å². The van der Waals surface area contributed by atoms with Crippen LogP contribution < -0.4 is 4.90 Å². The number of nitrogens with zero attached hydrogens (tertiary/aromatic N) is 1. The predicted molar refractivity (Wildman–Crippen MR) is 181 cm³/mol. The fourth-order valence-electron chi connectivity index (χ4n) is 6.29. The van der Waals surface area contributed by atoms with Crippen LogP contribution in [0.4, 0.5) is 17.1 Å². The number of rotatable bonds is 6. The zero-order valence-electron chi connectivity index (χ0n) is 26.4. The quantitative estimate of drug-likeness (QED) is 0.204. The van der Waals surface area contributed by atoms with Gasteiger partial charge in [0.1, 0.15) is 0 Å². The van der Waals surface area contributed by atoms with Crippen molar-refractivity contribution < 1.29 is 0 Å². The van der Waals surface area contributed by atoms with Gasteiger partial charge in [-0.3, -0.25) is 0 Å². The molecule has 0 amide bonds. The molecule has 1 nitrogen and oxygen atoms in total. The number of anilines is 3. The topological polar surface area (TPSA) is 3.24 Å². The molecule has 5 aromatic rings. The third-order valence-corrected chi connectivity index (χ3v) is 9.91. The Labute approximate surface area is 252 Å². The van der Waals surface area contributed by atoms with Gasteiger partial charge in [-0.25, -0.2) is 0 Å². The second kappa shape index (κ2) is 10.3. The average molecular weight is 550 g/mol. The Morgan fingerprint density at radius 1 is 0.548 bits per heavy atom. The Morgan fingerprint density at radius 2 is 0.976 bits per heavy atom. The second-order valence-corrected chi connectivity index (χ2v) is 13.6. The third-order valence-electron chi connectivity index (χ3n) is 9.91. The summed E-state index contributed by atoms with van der Waals surface area (Å²) in [5.41, 5.74) is 15.6. The van der Waals surface area contributed by atoms with Gasteiger partial charge < -0.3 is 4.90 Å². The molecule has 0 saturated heterocycles. The smallest absolute Gasteiger partial charge is 0.0462 e. The molecule has 0 unspecified atom stereocenters. The summed E-state index contributed by atoms with van der Waals surface area (Å²) in [6.45, 7) is 18.4. The van der Waals surface area contributed by atoms with E-state index < -0.39 is 0 Å². The van der Waals surface area contributed by atoms with Crippen LogP contribution in [0, 0.1) is 19.8 Å². The molecule has 212 valence electrons. The minimum absolute atomic E-state index is 0.0443. The van der Waals surface area contributed by atoms with Gasteiger partial charge in [-0.15, -0.1) is 0 Å². The van der Waals surface area contributed by atoms with Gasteiger partial charge in [0.15, 0.2) is 0 Å². The van der Waals surface area contributed by atoms with Crippen LogP contribution >= 0.6 is 0 Å². The summed E-state index contributed by atoms with van der Waals surface area (Å²) in [6.07, 6.45) is 0. The maximum absolute atomic E-state index is 2.48. The van der Waals surface area contributed by atoms with Gasteiger partial charge in [-0.1, -0.05) is 119 Å². The van der Waals surface area contributed by atoms with Crippen molar-refractivity contribution >= 4 is 17.1 Å². The summed E-state index contributed by atoms with van der Waals surface area (Å²) in [5, 5.41) is 0. The molecule has 5 aromatic carbocycles. The zero-order chi connectivity index (χ0) is 29.8. The van der Waals surface area contributed by atoms with Gasteiger partial charge in [-0.05, 0) is 107 Å². The SMILES string of the molecule is Cc1ccc(N(c2ccc(C)cc2)c2ccc(-c3ccc4c(c3)C(C)(C)c3cc(C(C)(C)C(C)C)ccc3-4)cc2)cc1. The molecule has 0 saturated carbocycles. The van der Waals surface area contributed by atoms with E-state index in [0.717, 1.165) is 17.1 Å². The van der Waals surface area contributed by atoms with Crippen LogP contribution in [0.1, 0.15) is 69.4 Å². The minimum atomic E-state index is -0.0443. The van der Waals surface area contributed by atoms with E-state index in [1.54, 1.807) is 0 Å². The first kappa shape index (κ1) is 28.0. The molecule has 0 fully saturated rings. The Morgan fingerprint density at radius 3 is 1.48 bits per heavy atom. The van der Waals surface area contributed by atoms with Crippen LogP contribution in [0.5, 0.6) is 0 Å². The fraction of sp³-hybridized carbons (Fsp3) is 0.268. The first-order valence-corrected chi connectivity index (χ1v) is 15.3. The van der Waals surface area contributed by atoms with Crippen molar-refractivity contribution in [2.24, 2.45) is 5.92 Å². The molecule has 42 heavy (non-hydrogen) atoms. The molecular formula is C41H43N. The van der Waals surface area contributed by atoms with E-state index in [9.17, 15) is 0 Å². The van der Waals surface area contributed by atoms with Crippen LogP contribution in [0.2, 0.25) is 0 Å². The van der Waals surface area contributed by atoms with Crippen LogP contribution in [0.15, 0.2) is 109 Å². The number of benzene rings is 5. The molecule has 0 bridgehead atoms. The second-order valence-electron chi connectivity index (χ2n) is 13.6. The molecule has 0 atom stereocenters. The van der Waals surface area contributed by atoms with Crippen molar-refractivity contribution in [2.45, 2.75) is 66.2 Å². The number of hydrogen-bond donors (Lipinski definition) is 0. The molecule has 1 aliphatic rings. The van der Waals surface area contributed by atoms with E-state index in [4.69, 9.17) is 0 Å². The molecular weight excluding hydrogens is 506 g/mol. The highest BCUT2D eigenvalue weighted by Gasteiger charge is 2.37. The Bertz CT molecular complexity index is 1690. The molecule has 0 aliphatic heterocycles. The lowest BCUT2D eigenvalue weighted by Crippen LogP contribution is -2.25. The minimum Gasteiger partial charge on any atom is -0.311 e. The van der Waals surface area contributed by atoms with Gasteiger partial charge in [0.25, 0.3) is 0 Å². The lowest BCUT2D eigenvalue weighted by molar-refractivity contribution is 0.371. The van der Waals surface area contributed by atoms with Gasteiger partial charge in [0.05, 0.1) is 0 Å². The van der Waals surface area contributed by atoms with Crippen molar-refractivity contribution in [3.8, 4) is 22.3 Å². The van der Waals surface area contributed by atoms with Crippen molar-refractivity contribution in [1.29, 1.82) is 0 Å². The number of fused-ring (bicyclic) bond motifs is 3. The van der Waals surface area contributed by atoms with Gasteiger partial charge in [0, 0.05) is 22.5 Å². The molecule has 1 aliphatic carbocycles. The van der Waals surface area contributed by atoms with Gasteiger partial charge >= 0.3 is 0 Å². The lowest BCUT2D eigenvalue weighted by atomic mass is 9.73. The highest BCUT2D eigenvalue weighted by molar-refractivity contribution is 5.85. The predicted octanol–water partition coefficient (Wildman–Crippen LogP) is 11.7. The molecule has 1 heteroatoms. The highest BCUT2D eigenvalue weighted by atomic mass is 15.1. The van der Waals surface area contributed by atoms with Crippen LogP contribution in [-0.4, -0.2) is 0 Å². The first-order chi connectivity index (χ1) is 20.0. The van der Waals surface area contributed by atoms with Crippen molar-refractivity contribution in [3.05, 3.63) is 137 Å². The average Bonchev–Trinajstić information content (AvgIpc) is 3.21. The summed E-state index contributed by atoms with van der Waals surface area (Å²) in [5.74, 6) is 0.574. The van der Waals surface area contributed by atoms with E-state index in [-0.39, 0.29) is 10.8 Å². The Kier molecular flexibility index (Phi) is 6.89. The van der Waals surface area contributed by atoms with E-state index in [1.807, 2.05) is 0 Å². The van der Waals surface area contributed by atoms with Crippen molar-refractivity contribution in [3.63, 3.8) is 0 Å². The standard InChI is InChI=1S/C41H43N/c1-27(2)40(5,6)32-16-24-37-36-23-15-31(25-38(36)41(7,8)39(37)26-32)30-13-21-35(22-14-30)42(33-17-9-28(3)10-18-33)34-19-11-29(4)12-20-34/h9-27H,1-8H3. The lowest BCUT2D eigenvalue weighted by Gasteiger charge is -2.31. The van der Waals surface area contributed by atoms with Crippen LogP contribution in [-0.2, 0) is 10.8 Å². The van der Waals surface area contributed by atoms with Crippen molar-refractivity contribution in [2.75, 3.05) is 4.90 Å². The first-order valence-electron chi connectivity index (χ1n) is 15.3. The molecule has 0 radical (unpaired) electrons. The van der Waals surface area contributed by atoms with E-state index >= 15 is 0 Å². The Balaban J connectivity index is 1.36. The molecule has 0 heterocycles. The summed E-state index contributed by atoms with van der Waals surface area (Å²) < 4.78 is 0. The van der Waals surface area contributed by atoms with Crippen molar-refractivity contribution in [1.82, 2.24) is 0 Å². The maximum atomic E-state index is 2.48. The molecule has 0 N–H and O–H groups in total. The molecule has 6 rings (SSSR count). The summed E-state index contributed by atoms with van der Waals surface area (Å²) in [4.78, 5) is 2.33. The highest BCUT2D eigenvalue weighted by Crippen LogP contribution is 2.51. The maximum Gasteiger partial charge on any atom is 0.0462 e. The number of aryl methyl sites for hydroxylation is 2. The zero-order valence-corrected chi connectivity index (χ0v) is 26.4. The van der Waals surface area contributed by atoms with Gasteiger partial charge in [-0.2, -0.15) is 0 Å². The summed E-state index contributed by atoms with van der Waals surface area (Å²) in [6, 6.07) is 40.8. The van der Waals surface area contributed by atoms with E-state index in [0.29, 0.717) is 5.92 Å². The van der Waals surface area contributed by atoms with Crippen LogP contribution in [0.25, 0.3) is 22.3 Å². The normalized spacial score (nSPS) is 13.6. The van der Waals surface area contributed by atoms with E-state index in [1.165, 1.54) is 50.1 Å². The molecule has 0 aromatic heterocycles. The Hall–Kier alpha value is -4.10. The largest absolute Gasteiger partial charge is 0.311 e. The third kappa shape index (κ3) is 4.75. The monoisotopic (exact) mass is 549 g/mol. The van der Waals surface area contributed by atoms with Crippen LogP contribution in [0.3, 0.4) is 0 Å². The fourth-order valence-corrected chi connectivity index (χ4v) is 6.29. The summed E-state index contributed by atoms with van der Waals surface area (Å²) >= 11 is 0. The number of hydrogen-bond acceptors (Lipinski definition) is 1.